The summed E-state index contributed by atoms with van der Waals surface area (Å²) in [6.07, 6.45) is -1.12. The van der Waals surface area contributed by atoms with Crippen LogP contribution in [0.15, 0.2) is 36.4 Å². The number of nitrogens with two attached hydrogens (primary N) is 1. The minimum Gasteiger partial charge on any atom is -0.493 e. The average molecular weight is 453 g/mol. The molecule has 2 aromatic carbocycles. The molecule has 0 saturated carbocycles. The first-order valence-electron chi connectivity index (χ1n) is 9.17. The van der Waals surface area contributed by atoms with E-state index in [0.717, 1.165) is 0 Å². The van der Waals surface area contributed by atoms with Gasteiger partial charge in [-0.2, -0.15) is 0 Å². The molecule has 2 rings (SSSR count). The number of halogens is 2. The molecule has 31 heavy (non-hydrogen) atoms. The second-order valence-electron chi connectivity index (χ2n) is 6.57. The Hall–Kier alpha value is -3.33. The molecule has 2 amide bonds. The number of rotatable bonds is 9. The van der Waals surface area contributed by atoms with Crippen LogP contribution in [0, 0.1) is 5.82 Å². The monoisotopic (exact) mass is 452 g/mol. The Labute approximate surface area is 183 Å². The highest BCUT2D eigenvalue weighted by Crippen LogP contribution is 2.36. The van der Waals surface area contributed by atoms with Crippen molar-refractivity contribution in [2.24, 2.45) is 5.73 Å². The van der Waals surface area contributed by atoms with Gasteiger partial charge in [0.05, 0.1) is 23.7 Å². The summed E-state index contributed by atoms with van der Waals surface area (Å²) in [7, 11) is 1.32. The molecule has 0 heterocycles. The van der Waals surface area contributed by atoms with Gasteiger partial charge in [0.25, 0.3) is 11.8 Å². The fourth-order valence-corrected chi connectivity index (χ4v) is 2.83. The van der Waals surface area contributed by atoms with Crippen molar-refractivity contribution in [3.8, 4) is 11.5 Å². The molecule has 10 heteroatoms. The van der Waals surface area contributed by atoms with Crippen molar-refractivity contribution in [2.75, 3.05) is 13.7 Å². The van der Waals surface area contributed by atoms with Gasteiger partial charge in [0.1, 0.15) is 5.82 Å². The van der Waals surface area contributed by atoms with Crippen LogP contribution in [0.25, 0.3) is 0 Å². The van der Waals surface area contributed by atoms with E-state index in [1.54, 1.807) is 19.1 Å². The quantitative estimate of drug-likeness (QED) is 0.565. The molecular weight excluding hydrogens is 431 g/mol. The maximum absolute atomic E-state index is 13.0. The molecule has 8 nitrogen and oxygen atoms in total. The number of hydrogen-bond donors (Lipinski definition) is 2. The maximum atomic E-state index is 13.0. The molecule has 166 valence electrons. The largest absolute Gasteiger partial charge is 0.493 e. The molecule has 0 bridgehead atoms. The normalized spacial score (nSPS) is 12.4. The lowest BCUT2D eigenvalue weighted by molar-refractivity contribution is -0.129. The van der Waals surface area contributed by atoms with Crippen molar-refractivity contribution < 1.29 is 33.0 Å². The van der Waals surface area contributed by atoms with Gasteiger partial charge >= 0.3 is 5.97 Å². The van der Waals surface area contributed by atoms with Gasteiger partial charge in [-0.1, -0.05) is 23.7 Å². The summed E-state index contributed by atoms with van der Waals surface area (Å²) < 4.78 is 28.6. The molecule has 0 radical (unpaired) electrons. The van der Waals surface area contributed by atoms with E-state index in [9.17, 15) is 18.8 Å². The second kappa shape index (κ2) is 10.6. The number of methoxy groups -OCH3 is 1. The molecule has 0 aromatic heterocycles. The van der Waals surface area contributed by atoms with E-state index in [4.69, 9.17) is 31.5 Å². The van der Waals surface area contributed by atoms with Crippen LogP contribution in [-0.2, 0) is 14.3 Å². The van der Waals surface area contributed by atoms with Gasteiger partial charge in [-0.15, -0.1) is 0 Å². The van der Waals surface area contributed by atoms with Crippen LogP contribution in [0.2, 0.25) is 5.02 Å². The Balaban J connectivity index is 2.05. The van der Waals surface area contributed by atoms with E-state index in [1.165, 1.54) is 38.3 Å². The van der Waals surface area contributed by atoms with Gasteiger partial charge in [-0.05, 0) is 43.7 Å². The molecule has 2 aromatic rings. The summed E-state index contributed by atoms with van der Waals surface area (Å²) in [5, 5.41) is 2.68. The lowest BCUT2D eigenvalue weighted by atomic mass is 10.1. The lowest BCUT2D eigenvalue weighted by Gasteiger charge is -2.19. The summed E-state index contributed by atoms with van der Waals surface area (Å²) in [5.74, 6) is -2.33. The Morgan fingerprint density at radius 1 is 1.16 bits per heavy atom. The van der Waals surface area contributed by atoms with E-state index in [-0.39, 0.29) is 27.9 Å². The highest BCUT2D eigenvalue weighted by Gasteiger charge is 2.23. The number of carbonyl (C=O) groups is 3. The number of benzene rings is 2. The van der Waals surface area contributed by atoms with Crippen LogP contribution in [0.5, 0.6) is 11.5 Å². The van der Waals surface area contributed by atoms with Crippen LogP contribution in [0.1, 0.15) is 35.8 Å². The van der Waals surface area contributed by atoms with E-state index in [1.807, 2.05) is 0 Å². The molecule has 0 aliphatic heterocycles. The number of ether oxygens (including phenoxy) is 3. The molecule has 0 aliphatic carbocycles. The van der Waals surface area contributed by atoms with Crippen LogP contribution in [0.4, 0.5) is 4.39 Å². The summed E-state index contributed by atoms with van der Waals surface area (Å²) in [5.41, 5.74) is 5.75. The number of nitrogens with one attached hydrogen (secondary N) is 1. The highest BCUT2D eigenvalue weighted by molar-refractivity contribution is 6.32. The van der Waals surface area contributed by atoms with Crippen LogP contribution < -0.4 is 20.5 Å². The van der Waals surface area contributed by atoms with E-state index in [2.05, 4.69) is 5.32 Å². The van der Waals surface area contributed by atoms with Gasteiger partial charge in [-0.25, -0.2) is 9.18 Å². The molecular formula is C21H22ClFN2O6. The van der Waals surface area contributed by atoms with Crippen LogP contribution >= 0.6 is 11.6 Å². The Morgan fingerprint density at radius 3 is 2.39 bits per heavy atom. The van der Waals surface area contributed by atoms with Gasteiger partial charge in [-0.3, -0.25) is 9.59 Å². The molecule has 0 aliphatic rings. The van der Waals surface area contributed by atoms with Crippen molar-refractivity contribution >= 4 is 29.4 Å². The van der Waals surface area contributed by atoms with Crippen molar-refractivity contribution in [2.45, 2.75) is 26.0 Å². The SMILES string of the molecule is COc1cc(C(=O)OC(C)C(=O)NC(C)c2ccc(F)cc2)cc(Cl)c1OCC(N)=O. The maximum Gasteiger partial charge on any atom is 0.339 e. The van der Waals surface area contributed by atoms with Crippen molar-refractivity contribution in [1.29, 1.82) is 0 Å². The minimum atomic E-state index is -1.12. The minimum absolute atomic E-state index is 0.00501. The van der Waals surface area contributed by atoms with E-state index in [0.29, 0.717) is 5.56 Å². The summed E-state index contributed by atoms with van der Waals surface area (Å²) in [4.78, 5) is 35.8. The second-order valence-corrected chi connectivity index (χ2v) is 6.98. The zero-order chi connectivity index (χ0) is 23.1. The fraction of sp³-hybridized carbons (Fsp3) is 0.286. The van der Waals surface area contributed by atoms with Gasteiger partial charge in [0.15, 0.2) is 24.2 Å². The number of amides is 2. The van der Waals surface area contributed by atoms with Crippen molar-refractivity contribution in [3.63, 3.8) is 0 Å². The predicted molar refractivity (Wildman–Crippen MR) is 111 cm³/mol. The molecule has 0 fully saturated rings. The lowest BCUT2D eigenvalue weighted by Crippen LogP contribution is -2.37. The third-order valence-corrected chi connectivity index (χ3v) is 4.49. The summed E-state index contributed by atoms with van der Waals surface area (Å²) in [6.45, 7) is 2.70. The highest BCUT2D eigenvalue weighted by atomic mass is 35.5. The number of carbonyl (C=O) groups excluding carboxylic acids is 3. The Bertz CT molecular complexity index is 967. The zero-order valence-electron chi connectivity index (χ0n) is 17.1. The first kappa shape index (κ1) is 23.9. The predicted octanol–water partition coefficient (Wildman–Crippen LogP) is 2.77. The number of esters is 1. The molecule has 2 atom stereocenters. The van der Waals surface area contributed by atoms with Gasteiger partial charge in [0.2, 0.25) is 0 Å². The zero-order valence-corrected chi connectivity index (χ0v) is 17.9. The fourth-order valence-electron chi connectivity index (χ4n) is 2.57. The Kier molecular flexibility index (Phi) is 8.21. The smallest absolute Gasteiger partial charge is 0.339 e. The summed E-state index contributed by atoms with van der Waals surface area (Å²) in [6, 6.07) is 7.81. The average Bonchev–Trinajstić information content (AvgIpc) is 2.72. The summed E-state index contributed by atoms with van der Waals surface area (Å²) >= 11 is 6.12. The standard InChI is InChI=1S/C21H22ClFN2O6/c1-11(13-4-6-15(23)7-5-13)25-20(27)12(2)31-21(28)14-8-16(22)19(17(9-14)29-3)30-10-18(24)26/h4-9,11-12H,10H2,1-3H3,(H2,24,26)(H,25,27). The topological polar surface area (TPSA) is 117 Å². The number of primary amides is 1. The van der Waals surface area contributed by atoms with E-state index < -0.39 is 36.5 Å². The first-order chi connectivity index (χ1) is 14.6. The molecule has 3 N–H and O–H groups in total. The molecule has 0 saturated heterocycles. The van der Waals surface area contributed by atoms with Crippen molar-refractivity contribution in [1.82, 2.24) is 5.32 Å². The molecule has 0 spiro atoms. The van der Waals surface area contributed by atoms with Crippen LogP contribution in [-0.4, -0.2) is 37.6 Å². The third kappa shape index (κ3) is 6.58. The van der Waals surface area contributed by atoms with Crippen LogP contribution in [0.3, 0.4) is 0 Å². The molecule has 2 unspecified atom stereocenters. The first-order valence-corrected chi connectivity index (χ1v) is 9.55. The van der Waals surface area contributed by atoms with Gasteiger partial charge in [0, 0.05) is 0 Å². The Morgan fingerprint density at radius 2 is 1.81 bits per heavy atom. The van der Waals surface area contributed by atoms with Gasteiger partial charge < -0.3 is 25.3 Å². The van der Waals surface area contributed by atoms with E-state index >= 15 is 0 Å². The van der Waals surface area contributed by atoms with Crippen molar-refractivity contribution in [3.05, 3.63) is 58.4 Å². The number of hydrogen-bond acceptors (Lipinski definition) is 6. The third-order valence-electron chi connectivity index (χ3n) is 4.21.